The second-order valence-electron chi connectivity index (χ2n) is 4.33. The van der Waals surface area contributed by atoms with Crippen molar-refractivity contribution < 1.29 is 4.79 Å². The summed E-state index contributed by atoms with van der Waals surface area (Å²) >= 11 is 25.1. The molecule has 3 nitrogen and oxygen atoms in total. The minimum Gasteiger partial charge on any atom is -0.298 e. The minimum absolute atomic E-state index is 0.271. The van der Waals surface area contributed by atoms with Crippen molar-refractivity contribution in [3.05, 3.63) is 56.0 Å². The number of nitrogens with zero attached hydrogens (tertiary/aromatic N) is 1. The van der Waals surface area contributed by atoms with E-state index >= 15 is 0 Å². The van der Waals surface area contributed by atoms with E-state index in [-0.39, 0.29) is 10.9 Å². The molecule has 22 heavy (non-hydrogen) atoms. The van der Waals surface area contributed by atoms with Crippen LogP contribution in [0.3, 0.4) is 0 Å². The summed E-state index contributed by atoms with van der Waals surface area (Å²) in [6.45, 7) is 0. The first-order chi connectivity index (χ1) is 10.4. The van der Waals surface area contributed by atoms with E-state index in [1.807, 2.05) is 0 Å². The molecule has 0 radical (unpaired) electrons. The number of thiazole rings is 1. The molecular weight excluding hydrogens is 386 g/mol. The molecule has 0 aliphatic carbocycles. The summed E-state index contributed by atoms with van der Waals surface area (Å²) in [5, 5.41) is 4.79. The standard InChI is InChI=1S/C14H6Cl4N2OS/c15-6-1-2-8(9(17)3-6)13(21)20-14-19-12-10(18)4-7(16)5-11(12)22-14/h1-5H,(H,19,20,21). The van der Waals surface area contributed by atoms with E-state index in [1.54, 1.807) is 24.3 Å². The van der Waals surface area contributed by atoms with Gasteiger partial charge in [-0.05, 0) is 30.3 Å². The molecule has 1 aromatic heterocycles. The van der Waals surface area contributed by atoms with Crippen molar-refractivity contribution in [3.63, 3.8) is 0 Å². The summed E-state index contributed by atoms with van der Waals surface area (Å²) < 4.78 is 0.787. The number of halogens is 4. The van der Waals surface area contributed by atoms with E-state index in [4.69, 9.17) is 46.4 Å². The molecule has 0 atom stereocenters. The SMILES string of the molecule is O=C(Nc1nc2c(Cl)cc(Cl)cc2s1)c1ccc(Cl)cc1Cl. The van der Waals surface area contributed by atoms with Crippen LogP contribution in [0.4, 0.5) is 5.13 Å². The molecule has 0 bridgehead atoms. The van der Waals surface area contributed by atoms with Crippen molar-refractivity contribution >= 4 is 79.0 Å². The van der Waals surface area contributed by atoms with Crippen LogP contribution < -0.4 is 5.32 Å². The van der Waals surface area contributed by atoms with Gasteiger partial charge in [-0.1, -0.05) is 57.7 Å². The Bertz CT molecular complexity index is 894. The van der Waals surface area contributed by atoms with Crippen LogP contribution in [-0.4, -0.2) is 10.9 Å². The van der Waals surface area contributed by atoms with Gasteiger partial charge in [-0.2, -0.15) is 0 Å². The average Bonchev–Trinajstić information content (AvgIpc) is 2.81. The predicted molar refractivity (Wildman–Crippen MR) is 94.1 cm³/mol. The highest BCUT2D eigenvalue weighted by molar-refractivity contribution is 7.22. The van der Waals surface area contributed by atoms with E-state index in [9.17, 15) is 4.79 Å². The normalized spacial score (nSPS) is 10.9. The highest BCUT2D eigenvalue weighted by Crippen LogP contribution is 2.34. The third-order valence-corrected chi connectivity index (χ3v) is 4.78. The number of carbonyl (C=O) groups excluding carboxylic acids is 1. The largest absolute Gasteiger partial charge is 0.298 e. The third-order valence-electron chi connectivity index (χ3n) is 2.81. The summed E-state index contributed by atoms with van der Waals surface area (Å²) in [5.41, 5.74) is 0.906. The Balaban J connectivity index is 1.92. The summed E-state index contributed by atoms with van der Waals surface area (Å²) in [4.78, 5) is 16.5. The molecule has 1 amide bonds. The molecule has 112 valence electrons. The van der Waals surface area contributed by atoms with Crippen LogP contribution in [0, 0.1) is 0 Å². The molecule has 1 N–H and O–H groups in total. The first-order valence-corrected chi connectivity index (χ1v) is 8.29. The van der Waals surface area contributed by atoms with E-state index in [2.05, 4.69) is 10.3 Å². The first kappa shape index (κ1) is 15.8. The van der Waals surface area contributed by atoms with E-state index in [0.717, 1.165) is 4.70 Å². The molecule has 0 unspecified atom stereocenters. The first-order valence-electron chi connectivity index (χ1n) is 5.96. The van der Waals surface area contributed by atoms with Gasteiger partial charge < -0.3 is 0 Å². The number of anilines is 1. The number of aromatic nitrogens is 1. The molecule has 3 rings (SSSR count). The van der Waals surface area contributed by atoms with Crippen molar-refractivity contribution in [2.45, 2.75) is 0 Å². The zero-order valence-corrected chi connectivity index (χ0v) is 14.5. The van der Waals surface area contributed by atoms with Gasteiger partial charge in [-0.15, -0.1) is 0 Å². The zero-order valence-electron chi connectivity index (χ0n) is 10.7. The van der Waals surface area contributed by atoms with Gasteiger partial charge in [0, 0.05) is 10.0 Å². The van der Waals surface area contributed by atoms with Gasteiger partial charge in [-0.3, -0.25) is 10.1 Å². The van der Waals surface area contributed by atoms with Crippen molar-refractivity contribution in [3.8, 4) is 0 Å². The van der Waals surface area contributed by atoms with Gasteiger partial charge >= 0.3 is 0 Å². The second kappa shape index (κ2) is 6.22. The summed E-state index contributed by atoms with van der Waals surface area (Å²) in [6.07, 6.45) is 0. The van der Waals surface area contributed by atoms with Gasteiger partial charge in [-0.25, -0.2) is 4.98 Å². The summed E-state index contributed by atoms with van der Waals surface area (Å²) in [7, 11) is 0. The Morgan fingerprint density at radius 1 is 1.00 bits per heavy atom. The van der Waals surface area contributed by atoms with Gasteiger partial charge in [0.1, 0.15) is 5.52 Å². The molecule has 2 aromatic carbocycles. The number of amides is 1. The smallest absolute Gasteiger partial charge is 0.258 e. The van der Waals surface area contributed by atoms with Gasteiger partial charge in [0.2, 0.25) is 0 Å². The Morgan fingerprint density at radius 2 is 1.73 bits per heavy atom. The van der Waals surface area contributed by atoms with Crippen LogP contribution >= 0.6 is 57.7 Å². The molecule has 3 aromatic rings. The maximum Gasteiger partial charge on any atom is 0.258 e. The lowest BCUT2D eigenvalue weighted by atomic mass is 10.2. The van der Waals surface area contributed by atoms with Crippen molar-refractivity contribution in [2.75, 3.05) is 5.32 Å². The average molecular weight is 392 g/mol. The van der Waals surface area contributed by atoms with Gasteiger partial charge in [0.25, 0.3) is 5.91 Å². The summed E-state index contributed by atoms with van der Waals surface area (Å²) in [6, 6.07) is 8.00. The fourth-order valence-corrected chi connectivity index (χ4v) is 3.93. The topological polar surface area (TPSA) is 42.0 Å². The van der Waals surface area contributed by atoms with Crippen molar-refractivity contribution in [1.82, 2.24) is 4.98 Å². The Morgan fingerprint density at radius 3 is 2.45 bits per heavy atom. The summed E-state index contributed by atoms with van der Waals surface area (Å²) in [5.74, 6) is -0.372. The molecule has 0 spiro atoms. The third kappa shape index (κ3) is 3.16. The Kier molecular flexibility index (Phi) is 4.48. The van der Waals surface area contributed by atoms with Crippen LogP contribution in [0.2, 0.25) is 20.1 Å². The van der Waals surface area contributed by atoms with E-state index < -0.39 is 0 Å². The molecular formula is C14H6Cl4N2OS. The number of nitrogens with one attached hydrogen (secondary N) is 1. The number of benzene rings is 2. The number of carbonyl (C=O) groups is 1. The highest BCUT2D eigenvalue weighted by atomic mass is 35.5. The van der Waals surface area contributed by atoms with Crippen LogP contribution in [0.15, 0.2) is 30.3 Å². The van der Waals surface area contributed by atoms with Crippen molar-refractivity contribution in [1.29, 1.82) is 0 Å². The lowest BCUT2D eigenvalue weighted by Gasteiger charge is -2.04. The molecule has 0 aliphatic heterocycles. The quantitative estimate of drug-likeness (QED) is 0.568. The van der Waals surface area contributed by atoms with Gasteiger partial charge in [0.15, 0.2) is 5.13 Å². The van der Waals surface area contributed by atoms with E-state index in [1.165, 1.54) is 17.4 Å². The fraction of sp³-hybridized carbons (Fsp3) is 0. The van der Waals surface area contributed by atoms with Gasteiger partial charge in [0.05, 0.1) is 20.3 Å². The molecule has 0 saturated carbocycles. The molecule has 1 heterocycles. The highest BCUT2D eigenvalue weighted by Gasteiger charge is 2.14. The Labute approximate surface area is 149 Å². The molecule has 0 saturated heterocycles. The molecule has 8 heteroatoms. The number of fused-ring (bicyclic) bond motifs is 1. The Hall–Kier alpha value is -1.04. The monoisotopic (exact) mass is 390 g/mol. The molecule has 0 fully saturated rings. The lowest BCUT2D eigenvalue weighted by Crippen LogP contribution is -2.12. The van der Waals surface area contributed by atoms with Crippen LogP contribution in [-0.2, 0) is 0 Å². The van der Waals surface area contributed by atoms with E-state index in [0.29, 0.717) is 31.3 Å². The van der Waals surface area contributed by atoms with Crippen LogP contribution in [0.1, 0.15) is 10.4 Å². The van der Waals surface area contributed by atoms with Crippen LogP contribution in [0.25, 0.3) is 10.2 Å². The van der Waals surface area contributed by atoms with Crippen LogP contribution in [0.5, 0.6) is 0 Å². The number of hydrogen-bond donors (Lipinski definition) is 1. The zero-order chi connectivity index (χ0) is 15.9. The number of rotatable bonds is 2. The minimum atomic E-state index is -0.372. The lowest BCUT2D eigenvalue weighted by molar-refractivity contribution is 0.102. The maximum atomic E-state index is 12.2. The predicted octanol–water partition coefficient (Wildman–Crippen LogP) is 6.16. The number of hydrogen-bond acceptors (Lipinski definition) is 3. The fourth-order valence-electron chi connectivity index (χ4n) is 1.85. The maximum absolute atomic E-state index is 12.2. The van der Waals surface area contributed by atoms with Crippen molar-refractivity contribution in [2.24, 2.45) is 0 Å². The second-order valence-corrected chi connectivity index (χ2v) is 7.05. The molecule has 0 aliphatic rings.